The van der Waals surface area contributed by atoms with Gasteiger partial charge >= 0.3 is 0 Å². The average molecular weight is 287 g/mol. The molecule has 5 nitrogen and oxygen atoms in total. The van der Waals surface area contributed by atoms with Crippen LogP contribution in [0.1, 0.15) is 5.56 Å². The van der Waals surface area contributed by atoms with E-state index in [1.54, 1.807) is 13.2 Å². The molecule has 0 bridgehead atoms. The standard InChI is InChI=1S/C13H19ClN2O3/c1-17-12-3-2-10(14)6-9(12)7-11(16-15)13-8-18-4-5-19-13/h2-3,6,11,13,16H,4-5,7-8,15H2,1H3. The van der Waals surface area contributed by atoms with E-state index in [1.807, 2.05) is 12.1 Å². The minimum Gasteiger partial charge on any atom is -0.496 e. The molecule has 3 N–H and O–H groups in total. The first-order valence-corrected chi connectivity index (χ1v) is 6.60. The molecule has 2 atom stereocenters. The molecule has 0 radical (unpaired) electrons. The van der Waals surface area contributed by atoms with E-state index in [0.29, 0.717) is 31.3 Å². The van der Waals surface area contributed by atoms with E-state index in [9.17, 15) is 0 Å². The van der Waals surface area contributed by atoms with Gasteiger partial charge in [0.25, 0.3) is 0 Å². The highest BCUT2D eigenvalue weighted by Gasteiger charge is 2.25. The largest absolute Gasteiger partial charge is 0.496 e. The Hall–Kier alpha value is -0.850. The number of nitrogens with one attached hydrogen (secondary N) is 1. The molecule has 1 aromatic rings. The van der Waals surface area contributed by atoms with Crippen LogP contribution in [-0.4, -0.2) is 39.1 Å². The van der Waals surface area contributed by atoms with Gasteiger partial charge in [-0.15, -0.1) is 0 Å². The van der Waals surface area contributed by atoms with Crippen molar-refractivity contribution in [3.63, 3.8) is 0 Å². The Bertz CT molecular complexity index is 411. The number of hydrogen-bond acceptors (Lipinski definition) is 5. The van der Waals surface area contributed by atoms with Gasteiger partial charge in [0.05, 0.1) is 39.1 Å². The number of rotatable bonds is 5. The predicted molar refractivity (Wildman–Crippen MR) is 73.4 cm³/mol. The molecule has 1 aromatic carbocycles. The summed E-state index contributed by atoms with van der Waals surface area (Å²) in [6.45, 7) is 1.77. The van der Waals surface area contributed by atoms with Crippen molar-refractivity contribution in [2.45, 2.75) is 18.6 Å². The third kappa shape index (κ3) is 3.81. The number of methoxy groups -OCH3 is 1. The minimum atomic E-state index is -0.0672. The quantitative estimate of drug-likeness (QED) is 0.628. The number of ether oxygens (including phenoxy) is 3. The van der Waals surface area contributed by atoms with E-state index < -0.39 is 0 Å². The lowest BCUT2D eigenvalue weighted by Crippen LogP contribution is -2.50. The van der Waals surface area contributed by atoms with Gasteiger partial charge in [-0.05, 0) is 30.2 Å². The molecule has 19 heavy (non-hydrogen) atoms. The Morgan fingerprint density at radius 2 is 2.37 bits per heavy atom. The Labute approximate surface area is 117 Å². The van der Waals surface area contributed by atoms with Crippen molar-refractivity contribution >= 4 is 11.6 Å². The van der Waals surface area contributed by atoms with Crippen molar-refractivity contribution in [3.8, 4) is 5.75 Å². The summed E-state index contributed by atoms with van der Waals surface area (Å²) < 4.78 is 16.4. The van der Waals surface area contributed by atoms with Crippen LogP contribution in [0.2, 0.25) is 5.02 Å². The molecule has 106 valence electrons. The second-order valence-electron chi connectivity index (χ2n) is 4.42. The lowest BCUT2D eigenvalue weighted by Gasteiger charge is -2.30. The first kappa shape index (κ1) is 14.6. The summed E-state index contributed by atoms with van der Waals surface area (Å²) in [4.78, 5) is 0. The van der Waals surface area contributed by atoms with Gasteiger partial charge in [0.1, 0.15) is 5.75 Å². The van der Waals surface area contributed by atoms with Crippen LogP contribution in [0, 0.1) is 0 Å². The molecule has 1 fully saturated rings. The van der Waals surface area contributed by atoms with Crippen LogP contribution in [0.3, 0.4) is 0 Å². The van der Waals surface area contributed by atoms with Crippen LogP contribution in [0.4, 0.5) is 0 Å². The van der Waals surface area contributed by atoms with Crippen LogP contribution >= 0.6 is 11.6 Å². The highest BCUT2D eigenvalue weighted by molar-refractivity contribution is 6.30. The van der Waals surface area contributed by atoms with Gasteiger partial charge in [-0.2, -0.15) is 0 Å². The molecular weight excluding hydrogens is 268 g/mol. The maximum Gasteiger partial charge on any atom is 0.122 e. The van der Waals surface area contributed by atoms with Crippen molar-refractivity contribution in [3.05, 3.63) is 28.8 Å². The molecule has 0 amide bonds. The Morgan fingerprint density at radius 3 is 3.00 bits per heavy atom. The van der Waals surface area contributed by atoms with E-state index in [2.05, 4.69) is 5.43 Å². The minimum absolute atomic E-state index is 0.0485. The Kier molecular flexibility index (Phi) is 5.42. The third-order valence-corrected chi connectivity index (χ3v) is 3.42. The predicted octanol–water partition coefficient (Wildman–Crippen LogP) is 1.14. The van der Waals surface area contributed by atoms with E-state index in [4.69, 9.17) is 31.7 Å². The fourth-order valence-corrected chi connectivity index (χ4v) is 2.37. The Balaban J connectivity index is 2.10. The Morgan fingerprint density at radius 1 is 1.53 bits per heavy atom. The van der Waals surface area contributed by atoms with Gasteiger partial charge in [-0.25, -0.2) is 0 Å². The van der Waals surface area contributed by atoms with E-state index >= 15 is 0 Å². The van der Waals surface area contributed by atoms with Gasteiger partial charge in [-0.3, -0.25) is 11.3 Å². The summed E-state index contributed by atoms with van der Waals surface area (Å²) in [5.74, 6) is 6.41. The first-order valence-electron chi connectivity index (χ1n) is 6.22. The van der Waals surface area contributed by atoms with Crippen LogP contribution in [0.15, 0.2) is 18.2 Å². The fraction of sp³-hybridized carbons (Fsp3) is 0.538. The summed E-state index contributed by atoms with van der Waals surface area (Å²) in [6.07, 6.45) is 0.594. The van der Waals surface area contributed by atoms with Gasteiger partial charge in [0.15, 0.2) is 0 Å². The number of halogens is 1. The van der Waals surface area contributed by atoms with E-state index in [0.717, 1.165) is 11.3 Å². The van der Waals surface area contributed by atoms with Crippen LogP contribution in [-0.2, 0) is 15.9 Å². The maximum atomic E-state index is 6.02. The summed E-state index contributed by atoms with van der Waals surface area (Å²) in [6, 6.07) is 5.49. The molecule has 0 spiro atoms. The van der Waals surface area contributed by atoms with Crippen LogP contribution < -0.4 is 16.0 Å². The van der Waals surface area contributed by atoms with Crippen molar-refractivity contribution in [2.24, 2.45) is 5.84 Å². The fourth-order valence-electron chi connectivity index (χ4n) is 2.18. The summed E-state index contributed by atoms with van der Waals surface area (Å²) in [5.41, 5.74) is 3.78. The van der Waals surface area contributed by atoms with Crippen molar-refractivity contribution in [1.82, 2.24) is 5.43 Å². The monoisotopic (exact) mass is 286 g/mol. The van der Waals surface area contributed by atoms with Crippen molar-refractivity contribution in [1.29, 1.82) is 0 Å². The molecule has 2 unspecified atom stereocenters. The van der Waals surface area contributed by atoms with Crippen molar-refractivity contribution in [2.75, 3.05) is 26.9 Å². The summed E-state index contributed by atoms with van der Waals surface area (Å²) in [7, 11) is 1.64. The van der Waals surface area contributed by atoms with E-state index in [1.165, 1.54) is 0 Å². The number of nitrogens with two attached hydrogens (primary N) is 1. The number of hydrazine groups is 1. The smallest absolute Gasteiger partial charge is 0.122 e. The lowest BCUT2D eigenvalue weighted by molar-refractivity contribution is -0.101. The number of hydrogen-bond donors (Lipinski definition) is 2. The normalized spacial score (nSPS) is 21.1. The summed E-state index contributed by atoms with van der Waals surface area (Å²) >= 11 is 6.02. The average Bonchev–Trinajstić information content (AvgIpc) is 2.46. The zero-order valence-electron chi connectivity index (χ0n) is 10.9. The van der Waals surface area contributed by atoms with Gasteiger partial charge in [0.2, 0.25) is 0 Å². The zero-order valence-corrected chi connectivity index (χ0v) is 11.7. The van der Waals surface area contributed by atoms with Gasteiger partial charge in [0, 0.05) is 5.02 Å². The molecule has 1 aliphatic rings. The molecule has 2 rings (SSSR count). The van der Waals surface area contributed by atoms with Crippen molar-refractivity contribution < 1.29 is 14.2 Å². The number of benzene rings is 1. The molecule has 1 aliphatic heterocycles. The van der Waals surface area contributed by atoms with E-state index in [-0.39, 0.29) is 12.1 Å². The highest BCUT2D eigenvalue weighted by atomic mass is 35.5. The first-order chi connectivity index (χ1) is 9.24. The second kappa shape index (κ2) is 7.07. The summed E-state index contributed by atoms with van der Waals surface area (Å²) in [5, 5.41) is 0.674. The molecule has 1 heterocycles. The second-order valence-corrected chi connectivity index (χ2v) is 4.85. The molecule has 1 saturated heterocycles. The van der Waals surface area contributed by atoms with Crippen LogP contribution in [0.5, 0.6) is 5.75 Å². The molecule has 0 saturated carbocycles. The van der Waals surface area contributed by atoms with Crippen LogP contribution in [0.25, 0.3) is 0 Å². The topological polar surface area (TPSA) is 65.7 Å². The maximum absolute atomic E-state index is 6.02. The SMILES string of the molecule is COc1ccc(Cl)cc1CC(NN)C1COCCO1. The lowest BCUT2D eigenvalue weighted by atomic mass is 10.0. The molecule has 0 aromatic heterocycles. The zero-order chi connectivity index (χ0) is 13.7. The van der Waals surface area contributed by atoms with Gasteiger partial charge < -0.3 is 14.2 Å². The molecule has 6 heteroatoms. The van der Waals surface area contributed by atoms with Gasteiger partial charge in [-0.1, -0.05) is 11.6 Å². The highest BCUT2D eigenvalue weighted by Crippen LogP contribution is 2.25. The third-order valence-electron chi connectivity index (χ3n) is 3.19. The molecular formula is C13H19ClN2O3. The molecule has 0 aliphatic carbocycles.